The number of hydrogen-bond acceptors (Lipinski definition) is 4. The van der Waals surface area contributed by atoms with Gasteiger partial charge in [-0.25, -0.2) is 17.2 Å². The molecule has 1 aliphatic rings. The van der Waals surface area contributed by atoms with E-state index in [1.165, 1.54) is 12.3 Å². The van der Waals surface area contributed by atoms with Gasteiger partial charge in [0.2, 0.25) is 0 Å². The van der Waals surface area contributed by atoms with Crippen molar-refractivity contribution < 1.29 is 17.2 Å². The molecular weight excluding hydrogens is 501 g/mol. The quantitative estimate of drug-likeness (QED) is 0.360. The minimum absolute atomic E-state index is 0. The maximum atomic E-state index is 14.0. The van der Waals surface area contributed by atoms with Crippen LogP contribution in [0.1, 0.15) is 20.8 Å². The molecule has 0 bridgehead atoms. The first-order chi connectivity index (χ1) is 12.5. The number of rotatable bonds is 5. The van der Waals surface area contributed by atoms with E-state index >= 15 is 0 Å². The lowest BCUT2D eigenvalue weighted by molar-refractivity contribution is 0.370. The van der Waals surface area contributed by atoms with E-state index in [0.29, 0.717) is 38.7 Å². The zero-order valence-electron chi connectivity index (χ0n) is 16.7. The summed E-state index contributed by atoms with van der Waals surface area (Å²) in [6, 6.07) is 3.45. The second kappa shape index (κ2) is 10.0. The fraction of sp³-hybridized carbons (Fsp3) is 0.611. The van der Waals surface area contributed by atoms with Crippen molar-refractivity contribution in [1.29, 1.82) is 0 Å². The van der Waals surface area contributed by atoms with E-state index in [-0.39, 0.29) is 36.2 Å². The largest absolute Gasteiger partial charge is 0.366 e. The normalized spacial score (nSPS) is 16.0. The van der Waals surface area contributed by atoms with E-state index in [1.807, 2.05) is 11.8 Å². The predicted molar refractivity (Wildman–Crippen MR) is 120 cm³/mol. The summed E-state index contributed by atoms with van der Waals surface area (Å²) in [4.78, 5) is 8.32. The highest BCUT2D eigenvalue weighted by Crippen LogP contribution is 2.22. The van der Waals surface area contributed by atoms with Gasteiger partial charge in [0.05, 0.1) is 17.0 Å². The van der Waals surface area contributed by atoms with Crippen molar-refractivity contribution in [3.63, 3.8) is 0 Å². The summed E-state index contributed by atoms with van der Waals surface area (Å²) < 4.78 is 50.2. The third kappa shape index (κ3) is 6.16. The zero-order chi connectivity index (χ0) is 20.2. The van der Waals surface area contributed by atoms with Crippen LogP contribution in [0.4, 0.5) is 14.5 Å². The molecule has 0 aliphatic carbocycles. The van der Waals surface area contributed by atoms with Crippen LogP contribution in [-0.4, -0.2) is 69.5 Å². The molecule has 0 radical (unpaired) electrons. The Bertz CT molecular complexity index is 795. The van der Waals surface area contributed by atoms with E-state index in [1.54, 1.807) is 18.7 Å². The van der Waals surface area contributed by atoms with E-state index in [9.17, 15) is 17.2 Å². The van der Waals surface area contributed by atoms with Gasteiger partial charge >= 0.3 is 0 Å². The molecule has 1 heterocycles. The molecule has 1 fully saturated rings. The minimum atomic E-state index is -3.24. The maximum absolute atomic E-state index is 14.0. The Kier molecular flexibility index (Phi) is 8.92. The van der Waals surface area contributed by atoms with Crippen LogP contribution in [0.2, 0.25) is 0 Å². The van der Waals surface area contributed by atoms with Crippen LogP contribution in [0.15, 0.2) is 23.2 Å². The van der Waals surface area contributed by atoms with Crippen LogP contribution >= 0.6 is 24.0 Å². The third-order valence-electron chi connectivity index (χ3n) is 4.78. The summed E-state index contributed by atoms with van der Waals surface area (Å²) >= 11 is 0. The van der Waals surface area contributed by atoms with Crippen molar-refractivity contribution in [2.24, 2.45) is 4.99 Å². The third-order valence-corrected chi connectivity index (χ3v) is 6.91. The number of anilines is 1. The molecule has 28 heavy (non-hydrogen) atoms. The molecule has 160 valence electrons. The summed E-state index contributed by atoms with van der Waals surface area (Å²) in [6.45, 7) is 8.21. The predicted octanol–water partition coefficient (Wildman–Crippen LogP) is 2.49. The standard InChI is InChI=1S/C18H28F2N4O2S.HI/c1-5-21-17(22-13-18(2,3)27(4,25)26)24-10-8-23(9-11-24)16-12-14(19)6-7-15(16)20;/h6-7,12H,5,8-11,13H2,1-4H3,(H,21,22);1H. The van der Waals surface area contributed by atoms with Crippen LogP contribution in [-0.2, 0) is 9.84 Å². The molecule has 1 aromatic carbocycles. The molecule has 0 spiro atoms. The number of nitrogens with one attached hydrogen (secondary N) is 1. The summed E-state index contributed by atoms with van der Waals surface area (Å²) in [7, 11) is -3.24. The number of halogens is 3. The topological polar surface area (TPSA) is 65.0 Å². The summed E-state index contributed by atoms with van der Waals surface area (Å²) in [5.41, 5.74) is 0.259. The molecule has 0 aromatic heterocycles. The van der Waals surface area contributed by atoms with Gasteiger partial charge in [-0.15, -0.1) is 24.0 Å². The summed E-state index contributed by atoms with van der Waals surface area (Å²) in [5, 5.41) is 3.18. The van der Waals surface area contributed by atoms with Gasteiger partial charge in [-0.2, -0.15) is 0 Å². The SMILES string of the molecule is CCNC(=NCC(C)(C)S(C)(=O)=O)N1CCN(c2cc(F)ccc2F)CC1.I. The van der Waals surface area contributed by atoms with Crippen LogP contribution in [0, 0.1) is 11.6 Å². The number of piperazine rings is 1. The number of guanidine groups is 1. The average Bonchev–Trinajstić information content (AvgIpc) is 2.60. The molecule has 0 atom stereocenters. The lowest BCUT2D eigenvalue weighted by Gasteiger charge is -2.38. The van der Waals surface area contributed by atoms with Gasteiger partial charge in [0, 0.05) is 45.0 Å². The fourth-order valence-corrected chi connectivity index (χ4v) is 2.99. The maximum Gasteiger partial charge on any atom is 0.194 e. The molecule has 1 aromatic rings. The summed E-state index contributed by atoms with van der Waals surface area (Å²) in [5.74, 6) is -0.277. The smallest absolute Gasteiger partial charge is 0.194 e. The van der Waals surface area contributed by atoms with Crippen LogP contribution < -0.4 is 10.2 Å². The van der Waals surface area contributed by atoms with Gasteiger partial charge in [-0.3, -0.25) is 4.99 Å². The molecule has 1 aliphatic heterocycles. The number of sulfone groups is 1. The Hall–Kier alpha value is -1.17. The van der Waals surface area contributed by atoms with Crippen molar-refractivity contribution >= 4 is 45.5 Å². The monoisotopic (exact) mass is 530 g/mol. The van der Waals surface area contributed by atoms with E-state index in [2.05, 4.69) is 10.3 Å². The highest BCUT2D eigenvalue weighted by atomic mass is 127. The molecule has 2 rings (SSSR count). The number of aliphatic imine (C=N–C) groups is 1. The summed E-state index contributed by atoms with van der Waals surface area (Å²) in [6.07, 6.45) is 1.21. The van der Waals surface area contributed by atoms with Crippen molar-refractivity contribution in [3.05, 3.63) is 29.8 Å². The molecule has 6 nitrogen and oxygen atoms in total. The number of hydrogen-bond donors (Lipinski definition) is 1. The second-order valence-corrected chi connectivity index (χ2v) is 9.92. The molecular formula is C18H29F2IN4O2S. The van der Waals surface area contributed by atoms with Gasteiger partial charge in [0.15, 0.2) is 15.8 Å². The average molecular weight is 530 g/mol. The van der Waals surface area contributed by atoms with Crippen molar-refractivity contribution in [2.45, 2.75) is 25.5 Å². The first-order valence-electron chi connectivity index (χ1n) is 8.98. The van der Waals surface area contributed by atoms with Gasteiger partial charge in [0.1, 0.15) is 11.6 Å². The van der Waals surface area contributed by atoms with E-state index in [0.717, 1.165) is 12.1 Å². The molecule has 10 heteroatoms. The first-order valence-corrected chi connectivity index (χ1v) is 10.9. The molecule has 0 saturated carbocycles. The van der Waals surface area contributed by atoms with Crippen LogP contribution in [0.5, 0.6) is 0 Å². The highest BCUT2D eigenvalue weighted by molar-refractivity contribution is 14.0. The Labute approximate surface area is 183 Å². The van der Waals surface area contributed by atoms with E-state index in [4.69, 9.17) is 0 Å². The zero-order valence-corrected chi connectivity index (χ0v) is 19.9. The van der Waals surface area contributed by atoms with E-state index < -0.39 is 26.2 Å². The first kappa shape index (κ1) is 24.9. The molecule has 0 unspecified atom stereocenters. The van der Waals surface area contributed by atoms with Crippen LogP contribution in [0.25, 0.3) is 0 Å². The minimum Gasteiger partial charge on any atom is -0.366 e. The van der Waals surface area contributed by atoms with Gasteiger partial charge in [-0.1, -0.05) is 0 Å². The number of nitrogens with zero attached hydrogens (tertiary/aromatic N) is 3. The Morgan fingerprint density at radius 1 is 1.21 bits per heavy atom. The molecule has 1 N–H and O–H groups in total. The van der Waals surface area contributed by atoms with Gasteiger partial charge < -0.3 is 15.1 Å². The lowest BCUT2D eigenvalue weighted by Crippen LogP contribution is -2.53. The lowest BCUT2D eigenvalue weighted by atomic mass is 10.2. The highest BCUT2D eigenvalue weighted by Gasteiger charge is 2.30. The Balaban J connectivity index is 0.00000392. The molecule has 0 amide bonds. The van der Waals surface area contributed by atoms with Gasteiger partial charge in [-0.05, 0) is 32.9 Å². The van der Waals surface area contributed by atoms with Crippen molar-refractivity contribution in [2.75, 3.05) is 50.4 Å². The number of benzene rings is 1. The Morgan fingerprint density at radius 2 is 1.82 bits per heavy atom. The second-order valence-electron chi connectivity index (χ2n) is 7.27. The fourth-order valence-electron chi connectivity index (χ4n) is 2.70. The van der Waals surface area contributed by atoms with Gasteiger partial charge in [0.25, 0.3) is 0 Å². The van der Waals surface area contributed by atoms with Crippen molar-refractivity contribution in [1.82, 2.24) is 10.2 Å². The van der Waals surface area contributed by atoms with Crippen LogP contribution in [0.3, 0.4) is 0 Å². The van der Waals surface area contributed by atoms with Crippen molar-refractivity contribution in [3.8, 4) is 0 Å². The Morgan fingerprint density at radius 3 is 2.36 bits per heavy atom. The molecule has 1 saturated heterocycles.